The van der Waals surface area contributed by atoms with E-state index in [1.165, 1.54) is 0 Å². The summed E-state index contributed by atoms with van der Waals surface area (Å²) in [6.45, 7) is 0. The summed E-state index contributed by atoms with van der Waals surface area (Å²) < 4.78 is 0. The van der Waals surface area contributed by atoms with Gasteiger partial charge in [0.1, 0.15) is 0 Å². The molecule has 4 unspecified atom stereocenters. The summed E-state index contributed by atoms with van der Waals surface area (Å²) in [6.07, 6.45) is 1.69. The summed E-state index contributed by atoms with van der Waals surface area (Å²) in [5.74, 6) is 0.322. The Morgan fingerprint density at radius 2 is 2.27 bits per heavy atom. The summed E-state index contributed by atoms with van der Waals surface area (Å²) in [5.41, 5.74) is 0. The van der Waals surface area contributed by atoms with Crippen LogP contribution in [-0.4, -0.2) is 11.2 Å². The van der Waals surface area contributed by atoms with Crippen LogP contribution in [0.2, 0.25) is 0 Å². The zero-order chi connectivity index (χ0) is 8.01. The third-order valence-corrected chi connectivity index (χ3v) is 3.39. The Hall–Kier alpha value is -0.550. The highest BCUT2D eigenvalue weighted by atomic mass is 35.5. The van der Waals surface area contributed by atoms with Crippen molar-refractivity contribution in [2.45, 2.75) is 18.2 Å². The van der Waals surface area contributed by atoms with E-state index in [2.05, 4.69) is 6.07 Å². The Bertz CT molecular complexity index is 245. The Balaban J connectivity index is 2.24. The van der Waals surface area contributed by atoms with E-state index in [0.29, 0.717) is 5.92 Å². The molecule has 4 atom stereocenters. The van der Waals surface area contributed by atoms with Crippen LogP contribution in [0.15, 0.2) is 0 Å². The highest BCUT2D eigenvalue weighted by Gasteiger charge is 2.51. The first-order valence-electron chi connectivity index (χ1n) is 3.81. The summed E-state index contributed by atoms with van der Waals surface area (Å²) in [4.78, 5) is 11.3. The molecule has 2 saturated carbocycles. The van der Waals surface area contributed by atoms with Crippen molar-refractivity contribution in [1.82, 2.24) is 0 Å². The third-order valence-electron chi connectivity index (χ3n) is 2.82. The molecule has 2 fully saturated rings. The van der Waals surface area contributed by atoms with E-state index in [-0.39, 0.29) is 23.0 Å². The molecule has 0 heterocycles. The zero-order valence-electron chi connectivity index (χ0n) is 5.96. The van der Waals surface area contributed by atoms with E-state index >= 15 is 0 Å². The van der Waals surface area contributed by atoms with Crippen LogP contribution in [0.5, 0.6) is 0 Å². The summed E-state index contributed by atoms with van der Waals surface area (Å²) in [6, 6.07) is 2.17. The lowest BCUT2D eigenvalue weighted by molar-refractivity contribution is -0.122. The number of nitrogens with zero attached hydrogens (tertiary/aromatic N) is 1. The van der Waals surface area contributed by atoms with Gasteiger partial charge in [0.2, 0.25) is 0 Å². The molecule has 58 valence electrons. The Morgan fingerprint density at radius 3 is 2.73 bits per heavy atom. The Labute approximate surface area is 70.1 Å². The van der Waals surface area contributed by atoms with Crippen LogP contribution in [-0.2, 0) is 4.79 Å². The van der Waals surface area contributed by atoms with Crippen molar-refractivity contribution in [3.05, 3.63) is 0 Å². The number of halogens is 1. The predicted octanol–water partition coefficient (Wildman–Crippen LogP) is 1.34. The average Bonchev–Trinajstić information content (AvgIpc) is 2.53. The largest absolute Gasteiger partial charge is 0.298 e. The maximum atomic E-state index is 11.3. The minimum atomic E-state index is -0.287. The van der Waals surface area contributed by atoms with Crippen LogP contribution >= 0.6 is 11.6 Å². The van der Waals surface area contributed by atoms with Crippen LogP contribution in [0.25, 0.3) is 0 Å². The third kappa shape index (κ3) is 0.810. The molecule has 0 N–H and O–H groups in total. The number of carbonyl (C=O) groups excluding carboxylic acids is 1. The van der Waals surface area contributed by atoms with Crippen LogP contribution in [0, 0.1) is 29.1 Å². The molecular weight excluding hydrogens is 162 g/mol. The van der Waals surface area contributed by atoms with Gasteiger partial charge in [0.15, 0.2) is 5.78 Å². The highest BCUT2D eigenvalue weighted by Crippen LogP contribution is 2.47. The fraction of sp³-hybridized carbons (Fsp3) is 0.750. The number of fused-ring (bicyclic) bond motifs is 2. The van der Waals surface area contributed by atoms with Crippen LogP contribution < -0.4 is 0 Å². The number of ketones is 1. The quantitative estimate of drug-likeness (QED) is 0.514. The molecule has 11 heavy (non-hydrogen) atoms. The number of Topliss-reactive ketones (excluding diaryl/α,β-unsaturated/α-hetero) is 1. The number of hydrogen-bond acceptors (Lipinski definition) is 2. The van der Waals surface area contributed by atoms with Crippen LogP contribution in [0.3, 0.4) is 0 Å². The van der Waals surface area contributed by atoms with Crippen LogP contribution in [0.4, 0.5) is 0 Å². The van der Waals surface area contributed by atoms with Gasteiger partial charge in [0, 0.05) is 5.92 Å². The first-order chi connectivity index (χ1) is 5.24. The minimum absolute atomic E-state index is 0.0347. The molecule has 0 amide bonds. The van der Waals surface area contributed by atoms with Crippen molar-refractivity contribution in [2.24, 2.45) is 17.8 Å². The second-order valence-corrected chi connectivity index (χ2v) is 3.85. The maximum Gasteiger partial charge on any atom is 0.155 e. The molecule has 0 spiro atoms. The maximum absolute atomic E-state index is 11.3. The van der Waals surface area contributed by atoms with Crippen molar-refractivity contribution in [3.8, 4) is 6.07 Å². The topological polar surface area (TPSA) is 40.9 Å². The molecule has 0 aromatic carbocycles. The Kier molecular flexibility index (Phi) is 1.43. The molecule has 2 bridgehead atoms. The average molecular weight is 170 g/mol. The second-order valence-electron chi connectivity index (χ2n) is 3.38. The summed E-state index contributed by atoms with van der Waals surface area (Å²) >= 11 is 5.82. The zero-order valence-corrected chi connectivity index (χ0v) is 6.71. The van der Waals surface area contributed by atoms with Gasteiger partial charge in [0.05, 0.1) is 17.4 Å². The molecule has 0 aliphatic heterocycles. The van der Waals surface area contributed by atoms with Crippen molar-refractivity contribution in [3.63, 3.8) is 0 Å². The summed E-state index contributed by atoms with van der Waals surface area (Å²) in [7, 11) is 0. The van der Waals surface area contributed by atoms with Gasteiger partial charge >= 0.3 is 0 Å². The molecular formula is C8H8ClNO. The molecule has 0 aromatic rings. The van der Waals surface area contributed by atoms with Crippen molar-refractivity contribution in [1.29, 1.82) is 5.26 Å². The second kappa shape index (κ2) is 2.22. The SMILES string of the molecule is N#CC1CC2CC1C(=O)C2Cl. The van der Waals surface area contributed by atoms with Crippen LogP contribution in [0.1, 0.15) is 12.8 Å². The number of nitriles is 1. The number of rotatable bonds is 0. The van der Waals surface area contributed by atoms with E-state index in [0.717, 1.165) is 12.8 Å². The van der Waals surface area contributed by atoms with Crippen molar-refractivity contribution >= 4 is 17.4 Å². The van der Waals surface area contributed by atoms with Crippen molar-refractivity contribution < 1.29 is 4.79 Å². The monoisotopic (exact) mass is 169 g/mol. The molecule has 2 aliphatic rings. The van der Waals surface area contributed by atoms with Gasteiger partial charge in [-0.25, -0.2) is 0 Å². The lowest BCUT2D eigenvalue weighted by atomic mass is 9.89. The lowest BCUT2D eigenvalue weighted by Crippen LogP contribution is -2.27. The van der Waals surface area contributed by atoms with Gasteiger partial charge in [0.25, 0.3) is 0 Å². The molecule has 0 saturated heterocycles. The highest BCUT2D eigenvalue weighted by molar-refractivity contribution is 6.32. The van der Waals surface area contributed by atoms with E-state index in [9.17, 15) is 4.79 Å². The number of hydrogen-bond donors (Lipinski definition) is 0. The van der Waals surface area contributed by atoms with E-state index in [1.54, 1.807) is 0 Å². The molecule has 2 rings (SSSR count). The fourth-order valence-electron chi connectivity index (χ4n) is 2.21. The molecule has 2 aliphatic carbocycles. The molecule has 0 radical (unpaired) electrons. The first-order valence-corrected chi connectivity index (χ1v) is 4.25. The van der Waals surface area contributed by atoms with Gasteiger partial charge in [-0.05, 0) is 18.8 Å². The Morgan fingerprint density at radius 1 is 1.55 bits per heavy atom. The first kappa shape index (κ1) is 7.12. The smallest absolute Gasteiger partial charge is 0.155 e. The number of alkyl halides is 1. The van der Waals surface area contributed by atoms with E-state index < -0.39 is 0 Å². The minimum Gasteiger partial charge on any atom is -0.298 e. The van der Waals surface area contributed by atoms with Gasteiger partial charge < -0.3 is 0 Å². The summed E-state index contributed by atoms with van der Waals surface area (Å²) in [5, 5.41) is 8.36. The van der Waals surface area contributed by atoms with Crippen molar-refractivity contribution in [2.75, 3.05) is 0 Å². The molecule has 2 nitrogen and oxygen atoms in total. The van der Waals surface area contributed by atoms with E-state index in [4.69, 9.17) is 16.9 Å². The lowest BCUT2D eigenvalue weighted by Gasteiger charge is -2.17. The fourth-order valence-corrected chi connectivity index (χ4v) is 2.58. The molecule has 0 aromatic heterocycles. The molecule has 3 heteroatoms. The van der Waals surface area contributed by atoms with Gasteiger partial charge in [-0.15, -0.1) is 11.6 Å². The van der Waals surface area contributed by atoms with Gasteiger partial charge in [-0.1, -0.05) is 0 Å². The standard InChI is InChI=1S/C8H8ClNO/c9-7-4-1-5(3-10)6(2-4)8(7)11/h4-7H,1-2H2. The predicted molar refractivity (Wildman–Crippen MR) is 40.0 cm³/mol. The van der Waals surface area contributed by atoms with Gasteiger partial charge in [-0.3, -0.25) is 4.79 Å². The van der Waals surface area contributed by atoms with E-state index in [1.807, 2.05) is 0 Å². The number of carbonyl (C=O) groups is 1. The normalized spacial score (nSPS) is 47.8. The van der Waals surface area contributed by atoms with Gasteiger partial charge in [-0.2, -0.15) is 5.26 Å².